The van der Waals surface area contributed by atoms with Crippen molar-refractivity contribution in [1.82, 2.24) is 0 Å². The number of benzene rings is 2. The second-order valence-electron chi connectivity index (χ2n) is 4.79. The summed E-state index contributed by atoms with van der Waals surface area (Å²) in [6.45, 7) is -0.109. The molecule has 104 valence electrons. The van der Waals surface area contributed by atoms with Crippen LogP contribution in [0.15, 0.2) is 54.6 Å². The fourth-order valence-electron chi connectivity index (χ4n) is 2.43. The summed E-state index contributed by atoms with van der Waals surface area (Å²) in [5.41, 5.74) is 8.42. The van der Waals surface area contributed by atoms with Crippen molar-refractivity contribution in [3.8, 4) is 0 Å². The molecule has 0 amide bonds. The standard InChI is InChI=1S/C16H17NO3/c17-13-9-5-4-8-12(13)15-14(10-18)19-16(20-15)11-6-2-1-3-7-11/h1-9,14-16,18H,10,17H2/t14-,15?,16?/m1/s1. The van der Waals surface area contributed by atoms with Gasteiger partial charge in [-0.05, 0) is 6.07 Å². The molecule has 2 aromatic rings. The molecule has 3 rings (SSSR count). The molecule has 1 aliphatic rings. The molecular formula is C16H17NO3. The average Bonchev–Trinajstić information content (AvgIpc) is 2.93. The number of para-hydroxylation sites is 1. The Balaban J connectivity index is 1.87. The van der Waals surface area contributed by atoms with Gasteiger partial charge in [0.1, 0.15) is 12.2 Å². The van der Waals surface area contributed by atoms with Crippen LogP contribution in [0.2, 0.25) is 0 Å². The second-order valence-corrected chi connectivity index (χ2v) is 4.79. The molecule has 1 fully saturated rings. The quantitative estimate of drug-likeness (QED) is 0.841. The molecule has 0 saturated carbocycles. The largest absolute Gasteiger partial charge is 0.398 e. The lowest BCUT2D eigenvalue weighted by molar-refractivity contribution is -0.0739. The van der Waals surface area contributed by atoms with E-state index in [1.807, 2.05) is 54.6 Å². The van der Waals surface area contributed by atoms with E-state index >= 15 is 0 Å². The third-order valence-electron chi connectivity index (χ3n) is 3.46. The topological polar surface area (TPSA) is 64.7 Å². The Labute approximate surface area is 117 Å². The summed E-state index contributed by atoms with van der Waals surface area (Å²) in [5, 5.41) is 9.51. The van der Waals surface area contributed by atoms with Crippen LogP contribution >= 0.6 is 0 Å². The zero-order chi connectivity index (χ0) is 13.9. The molecule has 4 heteroatoms. The molecule has 1 aliphatic heterocycles. The van der Waals surface area contributed by atoms with Crippen molar-refractivity contribution in [2.24, 2.45) is 0 Å². The molecule has 1 saturated heterocycles. The van der Waals surface area contributed by atoms with E-state index in [-0.39, 0.29) is 12.7 Å². The first-order chi connectivity index (χ1) is 9.79. The monoisotopic (exact) mass is 271 g/mol. The minimum absolute atomic E-state index is 0.109. The zero-order valence-corrected chi connectivity index (χ0v) is 11.0. The van der Waals surface area contributed by atoms with Crippen LogP contribution < -0.4 is 5.73 Å². The molecule has 3 N–H and O–H groups in total. The van der Waals surface area contributed by atoms with Gasteiger partial charge in [0, 0.05) is 16.8 Å². The second kappa shape index (κ2) is 5.63. The molecule has 0 radical (unpaired) electrons. The van der Waals surface area contributed by atoms with Crippen LogP contribution in [0.3, 0.4) is 0 Å². The minimum Gasteiger partial charge on any atom is -0.398 e. The Hall–Kier alpha value is -1.88. The zero-order valence-electron chi connectivity index (χ0n) is 11.0. The lowest BCUT2D eigenvalue weighted by Crippen LogP contribution is -2.20. The SMILES string of the molecule is Nc1ccccc1C1OC(c2ccccc2)O[C@@H]1CO. The fraction of sp³-hybridized carbons (Fsp3) is 0.250. The normalized spacial score (nSPS) is 25.8. The van der Waals surface area contributed by atoms with Gasteiger partial charge >= 0.3 is 0 Å². The Bertz CT molecular complexity index is 573. The van der Waals surface area contributed by atoms with Crippen molar-refractivity contribution in [2.75, 3.05) is 12.3 Å². The van der Waals surface area contributed by atoms with Gasteiger partial charge in [0.2, 0.25) is 0 Å². The Morgan fingerprint density at radius 1 is 0.950 bits per heavy atom. The van der Waals surface area contributed by atoms with Crippen LogP contribution in [0.25, 0.3) is 0 Å². The van der Waals surface area contributed by atoms with E-state index in [1.54, 1.807) is 0 Å². The van der Waals surface area contributed by atoms with Crippen LogP contribution in [0.4, 0.5) is 5.69 Å². The number of nitrogens with two attached hydrogens (primary N) is 1. The molecule has 2 aromatic carbocycles. The molecule has 3 atom stereocenters. The molecular weight excluding hydrogens is 254 g/mol. The lowest BCUT2D eigenvalue weighted by atomic mass is 10.0. The van der Waals surface area contributed by atoms with Crippen LogP contribution in [-0.2, 0) is 9.47 Å². The number of anilines is 1. The fourth-order valence-corrected chi connectivity index (χ4v) is 2.43. The van der Waals surface area contributed by atoms with E-state index in [9.17, 15) is 5.11 Å². The molecule has 4 nitrogen and oxygen atoms in total. The van der Waals surface area contributed by atoms with E-state index in [0.717, 1.165) is 11.1 Å². The number of ether oxygens (including phenoxy) is 2. The highest BCUT2D eigenvalue weighted by Gasteiger charge is 2.38. The Morgan fingerprint density at radius 2 is 1.65 bits per heavy atom. The van der Waals surface area contributed by atoms with Crippen molar-refractivity contribution in [2.45, 2.75) is 18.5 Å². The van der Waals surface area contributed by atoms with E-state index < -0.39 is 12.4 Å². The highest BCUT2D eigenvalue weighted by molar-refractivity contribution is 5.48. The summed E-state index contributed by atoms with van der Waals surface area (Å²) < 4.78 is 11.7. The van der Waals surface area contributed by atoms with Crippen LogP contribution in [0, 0.1) is 0 Å². The molecule has 2 unspecified atom stereocenters. The van der Waals surface area contributed by atoms with Gasteiger partial charge < -0.3 is 20.3 Å². The van der Waals surface area contributed by atoms with Gasteiger partial charge in [-0.1, -0.05) is 48.5 Å². The smallest absolute Gasteiger partial charge is 0.185 e. The third-order valence-corrected chi connectivity index (χ3v) is 3.46. The van der Waals surface area contributed by atoms with Crippen LogP contribution in [-0.4, -0.2) is 17.8 Å². The summed E-state index contributed by atoms with van der Waals surface area (Å²) >= 11 is 0. The summed E-state index contributed by atoms with van der Waals surface area (Å²) in [6, 6.07) is 17.2. The molecule has 0 spiro atoms. The lowest BCUT2D eigenvalue weighted by Gasteiger charge is -2.16. The van der Waals surface area contributed by atoms with Crippen molar-refractivity contribution in [1.29, 1.82) is 0 Å². The van der Waals surface area contributed by atoms with Crippen molar-refractivity contribution in [3.63, 3.8) is 0 Å². The first-order valence-electron chi connectivity index (χ1n) is 6.60. The van der Waals surface area contributed by atoms with E-state index in [0.29, 0.717) is 5.69 Å². The highest BCUT2D eigenvalue weighted by Crippen LogP contribution is 2.41. The number of rotatable bonds is 3. The van der Waals surface area contributed by atoms with Crippen molar-refractivity contribution >= 4 is 5.69 Å². The van der Waals surface area contributed by atoms with E-state index in [4.69, 9.17) is 15.2 Å². The maximum absolute atomic E-state index is 9.51. The van der Waals surface area contributed by atoms with Crippen LogP contribution in [0.1, 0.15) is 23.5 Å². The first kappa shape index (κ1) is 13.1. The van der Waals surface area contributed by atoms with Gasteiger partial charge in [0.25, 0.3) is 0 Å². The third kappa shape index (κ3) is 2.41. The maximum atomic E-state index is 9.51. The van der Waals surface area contributed by atoms with Gasteiger partial charge in [0.15, 0.2) is 6.29 Å². The molecule has 1 heterocycles. The first-order valence-corrected chi connectivity index (χ1v) is 6.60. The molecule has 0 bridgehead atoms. The maximum Gasteiger partial charge on any atom is 0.185 e. The summed E-state index contributed by atoms with van der Waals surface area (Å²) in [6.07, 6.45) is -1.24. The van der Waals surface area contributed by atoms with Crippen LogP contribution in [0.5, 0.6) is 0 Å². The van der Waals surface area contributed by atoms with Crippen molar-refractivity contribution < 1.29 is 14.6 Å². The van der Waals surface area contributed by atoms with Crippen molar-refractivity contribution in [3.05, 3.63) is 65.7 Å². The van der Waals surface area contributed by atoms with Gasteiger partial charge in [-0.15, -0.1) is 0 Å². The highest BCUT2D eigenvalue weighted by atomic mass is 16.7. The number of hydrogen-bond donors (Lipinski definition) is 2. The predicted octanol–water partition coefficient (Wildman–Crippen LogP) is 2.42. The van der Waals surface area contributed by atoms with E-state index in [1.165, 1.54) is 0 Å². The number of nitrogen functional groups attached to an aromatic ring is 1. The molecule has 0 aromatic heterocycles. The number of aliphatic hydroxyl groups excluding tert-OH is 1. The summed E-state index contributed by atoms with van der Waals surface area (Å²) in [5.74, 6) is 0. The summed E-state index contributed by atoms with van der Waals surface area (Å²) in [4.78, 5) is 0. The summed E-state index contributed by atoms with van der Waals surface area (Å²) in [7, 11) is 0. The number of hydrogen-bond acceptors (Lipinski definition) is 4. The molecule has 20 heavy (non-hydrogen) atoms. The van der Waals surface area contributed by atoms with Gasteiger partial charge in [-0.3, -0.25) is 0 Å². The van der Waals surface area contributed by atoms with Gasteiger partial charge in [0.05, 0.1) is 6.61 Å². The molecule has 0 aliphatic carbocycles. The Kier molecular flexibility index (Phi) is 3.69. The Morgan fingerprint density at radius 3 is 2.35 bits per heavy atom. The predicted molar refractivity (Wildman–Crippen MR) is 75.8 cm³/mol. The van der Waals surface area contributed by atoms with Gasteiger partial charge in [-0.25, -0.2) is 0 Å². The average molecular weight is 271 g/mol. The minimum atomic E-state index is -0.474. The number of aliphatic hydroxyl groups is 1. The van der Waals surface area contributed by atoms with Gasteiger partial charge in [-0.2, -0.15) is 0 Å². The van der Waals surface area contributed by atoms with E-state index in [2.05, 4.69) is 0 Å².